The molecule has 0 radical (unpaired) electrons. The number of allylic oxidation sites excluding steroid dienone is 1. The number of thioether (sulfide) groups is 1. The number of aliphatic hydroxyl groups excluding tert-OH is 1. The topological polar surface area (TPSA) is 65.0 Å². The first-order valence-corrected chi connectivity index (χ1v) is 15.2. The Morgan fingerprint density at radius 1 is 0.973 bits per heavy atom. The van der Waals surface area contributed by atoms with Gasteiger partial charge in [-0.25, -0.2) is 0 Å². The average Bonchev–Trinajstić information content (AvgIpc) is 3.27. The molecule has 0 aromatic heterocycles. The largest absolute Gasteiger partial charge is 0.497 e. The van der Waals surface area contributed by atoms with E-state index in [1.807, 2.05) is 30.3 Å². The molecule has 2 saturated carbocycles. The summed E-state index contributed by atoms with van der Waals surface area (Å²) in [5.41, 5.74) is 1.63. The molecule has 5 atom stereocenters. The molecule has 0 spiro atoms. The van der Waals surface area contributed by atoms with Crippen LogP contribution in [-0.2, 0) is 20.3 Å². The van der Waals surface area contributed by atoms with E-state index < -0.39 is 21.7 Å². The van der Waals surface area contributed by atoms with Gasteiger partial charge in [0.1, 0.15) is 16.9 Å². The summed E-state index contributed by atoms with van der Waals surface area (Å²) in [5.74, 6) is 2.58. The lowest BCUT2D eigenvalue weighted by atomic mass is 9.70. The summed E-state index contributed by atoms with van der Waals surface area (Å²) in [6.07, 6.45) is 5.12. The van der Waals surface area contributed by atoms with E-state index in [-0.39, 0.29) is 16.3 Å². The van der Waals surface area contributed by atoms with Crippen LogP contribution in [0.2, 0.25) is 0 Å². The maximum atomic E-state index is 14.2. The minimum atomic E-state index is -1.25. The maximum absolute atomic E-state index is 14.2. The normalized spacial score (nSPS) is 30.5. The van der Waals surface area contributed by atoms with Crippen molar-refractivity contribution in [2.24, 2.45) is 16.7 Å². The van der Waals surface area contributed by atoms with E-state index in [4.69, 9.17) is 14.2 Å². The Morgan fingerprint density at radius 3 is 1.97 bits per heavy atom. The zero-order valence-corrected chi connectivity index (χ0v) is 24.0. The molecule has 3 aliphatic rings. The van der Waals surface area contributed by atoms with Crippen LogP contribution in [0.25, 0.3) is 0 Å². The van der Waals surface area contributed by atoms with Crippen LogP contribution in [0.3, 0.4) is 0 Å². The number of hydrogen-bond acceptors (Lipinski definition) is 6. The average molecular weight is 543 g/mol. The SMILES string of the molecule is COc1ccc(C2(c3ccc(OC)cc3)CC(S(=O)C[C@]34CC[C@H](C[C@H]3O)C4(C)C)=C[C@H](OC)S2)cc1. The molecule has 2 fully saturated rings. The molecule has 1 unspecified atom stereocenters. The van der Waals surface area contributed by atoms with Crippen LogP contribution in [0.4, 0.5) is 0 Å². The van der Waals surface area contributed by atoms with Gasteiger partial charge in [-0.15, -0.1) is 11.8 Å². The fraction of sp³-hybridized carbons (Fsp3) is 0.533. The summed E-state index contributed by atoms with van der Waals surface area (Å²) in [6, 6.07) is 16.3. The summed E-state index contributed by atoms with van der Waals surface area (Å²) in [7, 11) is 3.79. The molecule has 1 aliphatic heterocycles. The molecule has 1 N–H and O–H groups in total. The summed E-state index contributed by atoms with van der Waals surface area (Å²) in [6.45, 7) is 4.53. The molecule has 37 heavy (non-hydrogen) atoms. The third-order valence-corrected chi connectivity index (χ3v) is 12.7. The van der Waals surface area contributed by atoms with Gasteiger partial charge in [-0.05, 0) is 72.1 Å². The van der Waals surface area contributed by atoms with Crippen LogP contribution in [0.1, 0.15) is 50.7 Å². The predicted octanol–water partition coefficient (Wildman–Crippen LogP) is 5.88. The minimum absolute atomic E-state index is 0.0181. The lowest BCUT2D eigenvalue weighted by molar-refractivity contribution is 0.0161. The van der Waals surface area contributed by atoms with Crippen molar-refractivity contribution in [1.82, 2.24) is 0 Å². The molecule has 5 rings (SSSR count). The zero-order chi connectivity index (χ0) is 26.4. The lowest BCUT2D eigenvalue weighted by Gasteiger charge is -2.43. The van der Waals surface area contributed by atoms with Crippen LogP contribution in [0, 0.1) is 16.7 Å². The summed E-state index contributed by atoms with van der Waals surface area (Å²) in [5, 5.41) is 11.1. The van der Waals surface area contributed by atoms with Crippen molar-refractivity contribution in [3.05, 3.63) is 70.6 Å². The quantitative estimate of drug-likeness (QED) is 0.450. The second-order valence-electron chi connectivity index (χ2n) is 11.2. The van der Waals surface area contributed by atoms with Gasteiger partial charge in [0.05, 0.1) is 25.1 Å². The highest BCUT2D eigenvalue weighted by Crippen LogP contribution is 2.66. The third-order valence-electron chi connectivity index (χ3n) is 9.48. The van der Waals surface area contributed by atoms with E-state index in [9.17, 15) is 9.32 Å². The van der Waals surface area contributed by atoms with Crippen LogP contribution in [0.5, 0.6) is 11.5 Å². The van der Waals surface area contributed by atoms with Gasteiger partial charge in [-0.3, -0.25) is 4.21 Å². The Bertz CT molecular complexity index is 1130. The minimum Gasteiger partial charge on any atom is -0.497 e. The van der Waals surface area contributed by atoms with Crippen molar-refractivity contribution in [3.63, 3.8) is 0 Å². The smallest absolute Gasteiger partial charge is 0.123 e. The van der Waals surface area contributed by atoms with Crippen LogP contribution in [-0.4, -0.2) is 47.9 Å². The highest BCUT2D eigenvalue weighted by atomic mass is 32.2. The zero-order valence-electron chi connectivity index (χ0n) is 22.4. The molecule has 2 aromatic carbocycles. The highest BCUT2D eigenvalue weighted by molar-refractivity contribution is 8.01. The summed E-state index contributed by atoms with van der Waals surface area (Å²) in [4.78, 5) is 0.893. The molecule has 5 nitrogen and oxygen atoms in total. The van der Waals surface area contributed by atoms with Gasteiger partial charge >= 0.3 is 0 Å². The Kier molecular flexibility index (Phi) is 7.29. The third kappa shape index (κ3) is 4.36. The van der Waals surface area contributed by atoms with E-state index in [1.165, 1.54) is 0 Å². The molecule has 2 aromatic rings. The standard InChI is InChI=1S/C30H38O5S2/c1-28(2)22-14-15-29(28,26(31)16-22)19-37(32)25-17-27(35-5)36-30(18-25,20-6-10-23(33-3)11-7-20)21-8-12-24(34-4)13-9-21/h6-13,17,22,26-27,31H,14-16,18-19H2,1-5H3/t22-,26-,27-,29-,37?/m1/s1. The fourth-order valence-electron chi connectivity index (χ4n) is 6.94. The monoisotopic (exact) mass is 542 g/mol. The highest BCUT2D eigenvalue weighted by Gasteiger charge is 2.64. The second-order valence-corrected chi connectivity index (χ2v) is 14.1. The molecule has 0 amide bonds. The second kappa shape index (κ2) is 10.1. The fourth-order valence-corrected chi connectivity index (χ4v) is 10.6. The maximum Gasteiger partial charge on any atom is 0.123 e. The van der Waals surface area contributed by atoms with Gasteiger partial charge in [-0.1, -0.05) is 38.1 Å². The first kappa shape index (κ1) is 26.8. The molecule has 0 saturated heterocycles. The molecule has 2 bridgehead atoms. The Morgan fingerprint density at radius 2 is 1.54 bits per heavy atom. The van der Waals surface area contributed by atoms with Gasteiger partial charge in [0.25, 0.3) is 0 Å². The number of aliphatic hydroxyl groups is 1. The number of rotatable bonds is 8. The van der Waals surface area contributed by atoms with Crippen molar-refractivity contribution in [2.45, 2.75) is 55.8 Å². The molecule has 7 heteroatoms. The summed E-state index contributed by atoms with van der Waals surface area (Å²) < 4.78 is 30.5. The van der Waals surface area contributed by atoms with E-state index in [0.29, 0.717) is 18.1 Å². The van der Waals surface area contributed by atoms with E-state index in [2.05, 4.69) is 38.1 Å². The van der Waals surface area contributed by atoms with Crippen molar-refractivity contribution >= 4 is 22.6 Å². The van der Waals surface area contributed by atoms with Gasteiger partial charge in [0.15, 0.2) is 0 Å². The van der Waals surface area contributed by atoms with E-state index >= 15 is 0 Å². The molecule has 200 valence electrons. The Balaban J connectivity index is 1.55. The first-order chi connectivity index (χ1) is 17.7. The number of methoxy groups -OCH3 is 3. The molecular weight excluding hydrogens is 504 g/mol. The number of ether oxygens (including phenoxy) is 3. The molecule has 2 aliphatic carbocycles. The first-order valence-electron chi connectivity index (χ1n) is 13.0. The van der Waals surface area contributed by atoms with E-state index in [0.717, 1.165) is 46.8 Å². The van der Waals surface area contributed by atoms with Gasteiger partial charge in [0, 0.05) is 40.4 Å². The van der Waals surface area contributed by atoms with Gasteiger partial charge in [-0.2, -0.15) is 0 Å². The van der Waals surface area contributed by atoms with Crippen molar-refractivity contribution in [3.8, 4) is 11.5 Å². The van der Waals surface area contributed by atoms with Gasteiger partial charge in [0.2, 0.25) is 0 Å². The Hall–Kier alpha value is -1.80. The molecule has 1 heterocycles. The predicted molar refractivity (Wildman–Crippen MR) is 150 cm³/mol. The number of fused-ring (bicyclic) bond motifs is 2. The van der Waals surface area contributed by atoms with Crippen molar-refractivity contribution in [1.29, 1.82) is 0 Å². The van der Waals surface area contributed by atoms with Crippen LogP contribution < -0.4 is 9.47 Å². The van der Waals surface area contributed by atoms with Crippen molar-refractivity contribution in [2.75, 3.05) is 27.1 Å². The number of benzene rings is 2. The van der Waals surface area contributed by atoms with E-state index in [1.54, 1.807) is 33.1 Å². The number of hydrogen-bond donors (Lipinski definition) is 1. The van der Waals surface area contributed by atoms with Gasteiger partial charge < -0.3 is 19.3 Å². The molecular formula is C30H38O5S2. The van der Waals surface area contributed by atoms with Crippen molar-refractivity contribution < 1.29 is 23.5 Å². The van der Waals surface area contributed by atoms with Crippen LogP contribution >= 0.6 is 11.8 Å². The van der Waals surface area contributed by atoms with Crippen LogP contribution in [0.15, 0.2) is 59.5 Å². The lowest BCUT2D eigenvalue weighted by Crippen LogP contribution is -2.44. The Labute approximate surface area is 227 Å². The summed E-state index contributed by atoms with van der Waals surface area (Å²) >= 11 is 1.73.